The molecule has 0 bridgehead atoms. The molecule has 140 valence electrons. The predicted octanol–water partition coefficient (Wildman–Crippen LogP) is 3.41. The molecule has 4 rings (SSSR count). The number of hydrogen-bond donors (Lipinski definition) is 1. The van der Waals surface area contributed by atoms with Gasteiger partial charge in [0.05, 0.1) is 10.4 Å². The van der Waals surface area contributed by atoms with E-state index >= 15 is 0 Å². The minimum Gasteiger partial charge on any atom is -0.324 e. The van der Waals surface area contributed by atoms with E-state index in [9.17, 15) is 14.0 Å². The summed E-state index contributed by atoms with van der Waals surface area (Å²) < 4.78 is 14.3. The number of carbonyl (C=O) groups excluding carboxylic acids is 1. The fourth-order valence-electron chi connectivity index (χ4n) is 3.31. The zero-order chi connectivity index (χ0) is 19.1. The standard InChI is InChI=1S/C18H16ClFN4O2S/c1-9-2-4-11-14(6-9)27-17-16(11)18(26)24(23-22-17)8-15(25)21-10-3-5-13(20)12(19)7-10/h3,5,7,9H,2,4,6,8H2,1H3,(H,21,25). The van der Waals surface area contributed by atoms with Crippen LogP contribution in [0, 0.1) is 11.7 Å². The van der Waals surface area contributed by atoms with E-state index in [0.29, 0.717) is 21.8 Å². The van der Waals surface area contributed by atoms with Crippen LogP contribution in [-0.2, 0) is 24.2 Å². The summed E-state index contributed by atoms with van der Waals surface area (Å²) in [6.45, 7) is 1.92. The van der Waals surface area contributed by atoms with Crippen LogP contribution in [-0.4, -0.2) is 20.9 Å². The minimum absolute atomic E-state index is 0.0923. The molecule has 2 aromatic heterocycles. The lowest BCUT2D eigenvalue weighted by molar-refractivity contribution is -0.117. The Hall–Kier alpha value is -2.32. The number of aromatic nitrogens is 3. The van der Waals surface area contributed by atoms with E-state index in [1.165, 1.54) is 28.3 Å². The van der Waals surface area contributed by atoms with Gasteiger partial charge in [0.15, 0.2) is 4.83 Å². The number of benzene rings is 1. The minimum atomic E-state index is -0.571. The lowest BCUT2D eigenvalue weighted by atomic mass is 9.89. The highest BCUT2D eigenvalue weighted by Gasteiger charge is 2.24. The highest BCUT2D eigenvalue weighted by Crippen LogP contribution is 2.35. The summed E-state index contributed by atoms with van der Waals surface area (Å²) in [5, 5.41) is 11.1. The van der Waals surface area contributed by atoms with Gasteiger partial charge in [-0.3, -0.25) is 9.59 Å². The Morgan fingerprint density at radius 1 is 1.48 bits per heavy atom. The molecule has 1 aliphatic carbocycles. The Balaban J connectivity index is 1.60. The average Bonchev–Trinajstić information content (AvgIpc) is 2.98. The molecule has 9 heteroatoms. The fraction of sp³-hybridized carbons (Fsp3) is 0.333. The van der Waals surface area contributed by atoms with Gasteiger partial charge in [-0.15, -0.1) is 16.4 Å². The van der Waals surface area contributed by atoms with Crippen LogP contribution in [0.15, 0.2) is 23.0 Å². The summed E-state index contributed by atoms with van der Waals surface area (Å²) in [5.41, 5.74) is 1.09. The Kier molecular flexibility index (Phi) is 4.69. The first-order chi connectivity index (χ1) is 12.9. The van der Waals surface area contributed by atoms with Crippen molar-refractivity contribution in [3.63, 3.8) is 0 Å². The third-order valence-electron chi connectivity index (χ3n) is 4.68. The van der Waals surface area contributed by atoms with Crippen molar-refractivity contribution in [3.05, 3.63) is 49.8 Å². The summed E-state index contributed by atoms with van der Waals surface area (Å²) in [5.74, 6) is -0.445. The van der Waals surface area contributed by atoms with Crippen molar-refractivity contribution in [1.29, 1.82) is 0 Å². The Labute approximate surface area is 163 Å². The molecular formula is C18H16ClFN4O2S. The number of nitrogens with zero attached hydrogens (tertiary/aromatic N) is 3. The molecule has 0 fully saturated rings. The molecule has 1 aromatic carbocycles. The van der Waals surface area contributed by atoms with E-state index in [4.69, 9.17) is 11.6 Å². The highest BCUT2D eigenvalue weighted by molar-refractivity contribution is 7.18. The van der Waals surface area contributed by atoms with Gasteiger partial charge in [-0.1, -0.05) is 23.7 Å². The lowest BCUT2D eigenvalue weighted by Gasteiger charge is -2.17. The van der Waals surface area contributed by atoms with Crippen LogP contribution in [0.4, 0.5) is 10.1 Å². The van der Waals surface area contributed by atoms with Crippen LogP contribution < -0.4 is 10.9 Å². The Bertz CT molecular complexity index is 1110. The molecule has 6 nitrogen and oxygen atoms in total. The van der Waals surface area contributed by atoms with E-state index < -0.39 is 11.7 Å². The summed E-state index contributed by atoms with van der Waals surface area (Å²) in [6.07, 6.45) is 2.83. The molecule has 1 atom stereocenters. The quantitative estimate of drug-likeness (QED) is 0.723. The molecule has 1 unspecified atom stereocenters. The van der Waals surface area contributed by atoms with Crippen molar-refractivity contribution in [3.8, 4) is 0 Å². The molecule has 1 amide bonds. The topological polar surface area (TPSA) is 76.9 Å². The predicted molar refractivity (Wildman–Crippen MR) is 103 cm³/mol. The van der Waals surface area contributed by atoms with Crippen LogP contribution in [0.2, 0.25) is 5.02 Å². The molecule has 1 aliphatic rings. The molecule has 3 aromatic rings. The van der Waals surface area contributed by atoms with Crippen LogP contribution in [0.1, 0.15) is 23.8 Å². The maximum Gasteiger partial charge on any atom is 0.279 e. The smallest absolute Gasteiger partial charge is 0.279 e. The molecule has 0 spiro atoms. The second kappa shape index (κ2) is 7.01. The summed E-state index contributed by atoms with van der Waals surface area (Å²) in [7, 11) is 0. The second-order valence-corrected chi connectivity index (χ2v) is 8.25. The molecule has 27 heavy (non-hydrogen) atoms. The van der Waals surface area contributed by atoms with Gasteiger partial charge in [0.2, 0.25) is 5.91 Å². The first-order valence-electron chi connectivity index (χ1n) is 8.55. The first-order valence-corrected chi connectivity index (χ1v) is 9.74. The zero-order valence-corrected chi connectivity index (χ0v) is 16.0. The molecule has 1 N–H and O–H groups in total. The van der Waals surface area contributed by atoms with Crippen molar-refractivity contribution in [2.24, 2.45) is 5.92 Å². The first kappa shape index (κ1) is 18.1. The second-order valence-electron chi connectivity index (χ2n) is 6.76. The number of hydrogen-bond acceptors (Lipinski definition) is 5. The maximum atomic E-state index is 13.2. The largest absolute Gasteiger partial charge is 0.324 e. The number of fused-ring (bicyclic) bond motifs is 3. The number of thiophene rings is 1. The molecule has 0 saturated heterocycles. The van der Waals surface area contributed by atoms with Crippen LogP contribution in [0.5, 0.6) is 0 Å². The Morgan fingerprint density at radius 2 is 2.30 bits per heavy atom. The van der Waals surface area contributed by atoms with E-state index in [2.05, 4.69) is 22.6 Å². The van der Waals surface area contributed by atoms with Crippen molar-refractivity contribution in [2.45, 2.75) is 32.7 Å². The fourth-order valence-corrected chi connectivity index (χ4v) is 4.80. The number of amides is 1. The van der Waals surface area contributed by atoms with E-state index in [-0.39, 0.29) is 17.1 Å². The highest BCUT2D eigenvalue weighted by atomic mass is 35.5. The van der Waals surface area contributed by atoms with Gasteiger partial charge in [0, 0.05) is 10.6 Å². The monoisotopic (exact) mass is 406 g/mol. The number of aryl methyl sites for hydroxylation is 1. The summed E-state index contributed by atoms with van der Waals surface area (Å²) >= 11 is 7.22. The number of carbonyl (C=O) groups is 1. The van der Waals surface area contributed by atoms with Gasteiger partial charge in [-0.2, -0.15) is 0 Å². The molecule has 0 radical (unpaired) electrons. The lowest BCUT2D eigenvalue weighted by Crippen LogP contribution is -2.30. The average molecular weight is 407 g/mol. The van der Waals surface area contributed by atoms with Gasteiger partial charge in [0.1, 0.15) is 12.4 Å². The number of rotatable bonds is 3. The third-order valence-corrected chi connectivity index (χ3v) is 6.11. The zero-order valence-electron chi connectivity index (χ0n) is 14.5. The number of nitrogens with one attached hydrogen (secondary N) is 1. The molecule has 0 saturated carbocycles. The Morgan fingerprint density at radius 3 is 3.07 bits per heavy atom. The van der Waals surface area contributed by atoms with Gasteiger partial charge in [-0.05, 0) is 48.9 Å². The maximum absolute atomic E-state index is 13.2. The van der Waals surface area contributed by atoms with Crippen molar-refractivity contribution in [2.75, 3.05) is 5.32 Å². The third kappa shape index (κ3) is 3.46. The van der Waals surface area contributed by atoms with E-state index in [1.807, 2.05) is 0 Å². The number of anilines is 1. The van der Waals surface area contributed by atoms with Gasteiger partial charge >= 0.3 is 0 Å². The van der Waals surface area contributed by atoms with E-state index in [0.717, 1.165) is 35.6 Å². The summed E-state index contributed by atoms with van der Waals surface area (Å²) in [6, 6.07) is 3.87. The van der Waals surface area contributed by atoms with Crippen molar-refractivity contribution in [1.82, 2.24) is 15.0 Å². The van der Waals surface area contributed by atoms with E-state index in [1.54, 1.807) is 0 Å². The normalized spacial score (nSPS) is 16.3. The van der Waals surface area contributed by atoms with Crippen LogP contribution in [0.3, 0.4) is 0 Å². The van der Waals surface area contributed by atoms with Crippen molar-refractivity contribution >= 4 is 44.7 Å². The number of halogens is 2. The van der Waals surface area contributed by atoms with Gasteiger partial charge in [-0.25, -0.2) is 9.07 Å². The van der Waals surface area contributed by atoms with Gasteiger partial charge < -0.3 is 5.32 Å². The van der Waals surface area contributed by atoms with Crippen molar-refractivity contribution < 1.29 is 9.18 Å². The summed E-state index contributed by atoms with van der Waals surface area (Å²) in [4.78, 5) is 26.9. The van der Waals surface area contributed by atoms with Crippen LogP contribution >= 0.6 is 22.9 Å². The molecule has 2 heterocycles. The SMILES string of the molecule is CC1CCc2c(sc3nnn(CC(=O)Nc4ccc(F)c(Cl)c4)c(=O)c23)C1. The van der Waals surface area contributed by atoms with Gasteiger partial charge in [0.25, 0.3) is 5.56 Å². The molecule has 0 aliphatic heterocycles. The molecular weight excluding hydrogens is 391 g/mol. The van der Waals surface area contributed by atoms with Crippen LogP contribution in [0.25, 0.3) is 10.2 Å².